The van der Waals surface area contributed by atoms with Gasteiger partial charge in [0.25, 0.3) is 0 Å². The van der Waals surface area contributed by atoms with Gasteiger partial charge in [0.1, 0.15) is 0 Å². The predicted octanol–water partition coefficient (Wildman–Crippen LogP) is 3.25. The fourth-order valence-electron chi connectivity index (χ4n) is 3.54. The van der Waals surface area contributed by atoms with E-state index in [4.69, 9.17) is 11.6 Å². The van der Waals surface area contributed by atoms with Gasteiger partial charge in [-0.3, -0.25) is 14.9 Å². The Hall–Kier alpha value is -1.49. The monoisotopic (exact) mass is 330 g/mol. The summed E-state index contributed by atoms with van der Waals surface area (Å²) in [5.74, 6) is 0.613. The first-order valence-corrected chi connectivity index (χ1v) is 8.40. The van der Waals surface area contributed by atoms with Gasteiger partial charge >= 0.3 is 0 Å². The third-order valence-electron chi connectivity index (χ3n) is 4.57. The van der Waals surface area contributed by atoms with Crippen molar-refractivity contribution in [2.45, 2.75) is 19.0 Å². The minimum atomic E-state index is 0.448. The first kappa shape index (κ1) is 16.4. The highest BCUT2D eigenvalue weighted by Gasteiger charge is 2.33. The lowest BCUT2D eigenvalue weighted by molar-refractivity contribution is 0.212. The summed E-state index contributed by atoms with van der Waals surface area (Å²) in [6.45, 7) is 3.03. The van der Waals surface area contributed by atoms with Crippen LogP contribution in [0.1, 0.15) is 23.7 Å². The molecule has 0 amide bonds. The molecule has 0 spiro atoms. The van der Waals surface area contributed by atoms with Gasteiger partial charge in [-0.1, -0.05) is 17.7 Å². The van der Waals surface area contributed by atoms with Gasteiger partial charge in [-0.25, -0.2) is 0 Å². The molecule has 1 saturated heterocycles. The molecule has 2 aromatic rings. The van der Waals surface area contributed by atoms with E-state index in [9.17, 15) is 0 Å². The van der Waals surface area contributed by atoms with E-state index in [1.165, 1.54) is 12.0 Å². The highest BCUT2D eigenvalue weighted by Crippen LogP contribution is 2.36. The summed E-state index contributed by atoms with van der Waals surface area (Å²) < 4.78 is 0. The number of rotatable bonds is 5. The predicted molar refractivity (Wildman–Crippen MR) is 93.3 cm³/mol. The van der Waals surface area contributed by atoms with Crippen molar-refractivity contribution in [3.05, 3.63) is 59.1 Å². The topological polar surface area (TPSA) is 32.3 Å². The van der Waals surface area contributed by atoms with E-state index in [0.717, 1.165) is 25.3 Å². The van der Waals surface area contributed by atoms with Crippen molar-refractivity contribution in [2.75, 3.05) is 27.2 Å². The summed E-state index contributed by atoms with van der Waals surface area (Å²) in [4.78, 5) is 13.5. The van der Waals surface area contributed by atoms with Gasteiger partial charge in [-0.05, 0) is 56.7 Å². The van der Waals surface area contributed by atoms with Gasteiger partial charge in [-0.2, -0.15) is 0 Å². The molecule has 0 aliphatic carbocycles. The number of hydrogen-bond donors (Lipinski definition) is 0. The van der Waals surface area contributed by atoms with Crippen LogP contribution < -0.4 is 0 Å². The standard InChI is InChI=1S/C18H23ClN4/c1-22(13-17-6-5-16(19)11-21-17)12-15-7-9-23(2)18(15)14-4-3-8-20-10-14/h3-6,8,10-11,15,18H,7,9,12-13H2,1-2H3/t15-,18-/m0/s1. The number of aromatic nitrogens is 2. The maximum atomic E-state index is 5.90. The molecule has 5 heteroatoms. The molecule has 23 heavy (non-hydrogen) atoms. The van der Waals surface area contributed by atoms with E-state index in [0.29, 0.717) is 17.0 Å². The first-order valence-electron chi connectivity index (χ1n) is 8.02. The lowest BCUT2D eigenvalue weighted by atomic mass is 9.94. The molecule has 122 valence electrons. The summed E-state index contributed by atoms with van der Waals surface area (Å²) in [6, 6.07) is 8.56. The zero-order chi connectivity index (χ0) is 16.2. The minimum Gasteiger partial charge on any atom is -0.300 e. The number of hydrogen-bond acceptors (Lipinski definition) is 4. The van der Waals surface area contributed by atoms with Gasteiger partial charge in [0, 0.05) is 37.7 Å². The zero-order valence-electron chi connectivity index (χ0n) is 13.7. The van der Waals surface area contributed by atoms with Gasteiger partial charge in [0.05, 0.1) is 10.7 Å². The van der Waals surface area contributed by atoms with E-state index < -0.39 is 0 Å². The Balaban J connectivity index is 1.65. The second kappa shape index (κ2) is 7.39. The lowest BCUT2D eigenvalue weighted by Crippen LogP contribution is -2.30. The molecular weight excluding hydrogens is 308 g/mol. The SMILES string of the molecule is CN(Cc1ccc(Cl)cn1)C[C@@H]1CCN(C)[C@H]1c1cccnc1. The molecule has 0 unspecified atom stereocenters. The van der Waals surface area contributed by atoms with Crippen LogP contribution in [0.5, 0.6) is 0 Å². The Bertz CT molecular complexity index is 617. The number of pyridine rings is 2. The van der Waals surface area contributed by atoms with Crippen LogP contribution in [-0.4, -0.2) is 47.0 Å². The lowest BCUT2D eigenvalue weighted by Gasteiger charge is -2.28. The van der Waals surface area contributed by atoms with Crippen LogP contribution in [0.15, 0.2) is 42.9 Å². The van der Waals surface area contributed by atoms with E-state index >= 15 is 0 Å². The third-order valence-corrected chi connectivity index (χ3v) is 4.79. The largest absolute Gasteiger partial charge is 0.300 e. The Morgan fingerprint density at radius 1 is 1.30 bits per heavy atom. The van der Waals surface area contributed by atoms with E-state index in [1.54, 1.807) is 6.20 Å². The third kappa shape index (κ3) is 4.08. The fourth-order valence-corrected chi connectivity index (χ4v) is 3.65. The van der Waals surface area contributed by atoms with Crippen LogP contribution in [0, 0.1) is 5.92 Å². The molecule has 0 N–H and O–H groups in total. The van der Waals surface area contributed by atoms with Crippen molar-refractivity contribution < 1.29 is 0 Å². The highest BCUT2D eigenvalue weighted by molar-refractivity contribution is 6.30. The molecule has 3 heterocycles. The van der Waals surface area contributed by atoms with Crippen molar-refractivity contribution in [3.63, 3.8) is 0 Å². The maximum Gasteiger partial charge on any atom is 0.0589 e. The number of likely N-dealkylation sites (tertiary alicyclic amines) is 1. The minimum absolute atomic E-state index is 0.448. The van der Waals surface area contributed by atoms with E-state index in [1.807, 2.05) is 30.6 Å². The molecule has 0 radical (unpaired) electrons. The Kier molecular flexibility index (Phi) is 5.26. The van der Waals surface area contributed by atoms with Crippen molar-refractivity contribution in [1.82, 2.24) is 19.8 Å². The van der Waals surface area contributed by atoms with Crippen LogP contribution in [0.2, 0.25) is 5.02 Å². The van der Waals surface area contributed by atoms with Crippen LogP contribution in [0.25, 0.3) is 0 Å². The number of halogens is 1. The first-order chi connectivity index (χ1) is 11.1. The summed E-state index contributed by atoms with van der Waals surface area (Å²) in [7, 11) is 4.37. The molecule has 1 aliphatic heterocycles. The quantitative estimate of drug-likeness (QED) is 0.842. The number of nitrogens with zero attached hydrogens (tertiary/aromatic N) is 4. The Labute approximate surface area is 143 Å². The maximum absolute atomic E-state index is 5.90. The molecule has 2 aromatic heterocycles. The van der Waals surface area contributed by atoms with Crippen molar-refractivity contribution in [3.8, 4) is 0 Å². The van der Waals surface area contributed by atoms with E-state index in [-0.39, 0.29) is 0 Å². The molecule has 1 fully saturated rings. The molecular formula is C18H23ClN4. The second-order valence-electron chi connectivity index (χ2n) is 6.43. The molecule has 0 saturated carbocycles. The Morgan fingerprint density at radius 2 is 2.17 bits per heavy atom. The summed E-state index contributed by atoms with van der Waals surface area (Å²) in [5.41, 5.74) is 2.37. The van der Waals surface area contributed by atoms with Gasteiger partial charge < -0.3 is 4.90 Å². The van der Waals surface area contributed by atoms with Gasteiger partial charge in [0.15, 0.2) is 0 Å². The normalized spacial score (nSPS) is 21.9. The van der Waals surface area contributed by atoms with Crippen molar-refractivity contribution in [2.24, 2.45) is 5.92 Å². The zero-order valence-corrected chi connectivity index (χ0v) is 14.4. The molecule has 0 bridgehead atoms. The molecule has 0 aromatic carbocycles. The molecule has 4 nitrogen and oxygen atoms in total. The molecule has 1 aliphatic rings. The molecule has 2 atom stereocenters. The summed E-state index contributed by atoms with van der Waals surface area (Å²) in [6.07, 6.45) is 6.77. The summed E-state index contributed by atoms with van der Waals surface area (Å²) >= 11 is 5.90. The van der Waals surface area contributed by atoms with Crippen LogP contribution in [0.3, 0.4) is 0 Å². The van der Waals surface area contributed by atoms with Crippen LogP contribution >= 0.6 is 11.6 Å². The Morgan fingerprint density at radius 3 is 2.87 bits per heavy atom. The smallest absolute Gasteiger partial charge is 0.0589 e. The van der Waals surface area contributed by atoms with Crippen LogP contribution in [0.4, 0.5) is 0 Å². The fraction of sp³-hybridized carbons (Fsp3) is 0.444. The molecule has 3 rings (SSSR count). The second-order valence-corrected chi connectivity index (χ2v) is 6.86. The summed E-state index contributed by atoms with van der Waals surface area (Å²) in [5, 5.41) is 0.686. The highest BCUT2D eigenvalue weighted by atomic mass is 35.5. The average Bonchev–Trinajstić information content (AvgIpc) is 2.91. The van der Waals surface area contributed by atoms with Crippen molar-refractivity contribution >= 4 is 11.6 Å². The van der Waals surface area contributed by atoms with Gasteiger partial charge in [-0.15, -0.1) is 0 Å². The average molecular weight is 331 g/mol. The van der Waals surface area contributed by atoms with E-state index in [2.05, 4.69) is 39.9 Å². The van der Waals surface area contributed by atoms with Crippen LogP contribution in [-0.2, 0) is 6.54 Å². The van der Waals surface area contributed by atoms with Gasteiger partial charge in [0.2, 0.25) is 0 Å². The van der Waals surface area contributed by atoms with Crippen molar-refractivity contribution in [1.29, 1.82) is 0 Å².